The lowest BCUT2D eigenvalue weighted by Gasteiger charge is -2.40. The van der Waals surface area contributed by atoms with Gasteiger partial charge in [0, 0.05) is 49.5 Å². The second-order valence-electron chi connectivity index (χ2n) is 10.5. The Hall–Kier alpha value is -3.65. The largest absolute Gasteiger partial charge is 0.465 e. The molecule has 37 heavy (non-hydrogen) atoms. The Morgan fingerprint density at radius 3 is 2.54 bits per heavy atom. The van der Waals surface area contributed by atoms with Gasteiger partial charge < -0.3 is 25.7 Å². The predicted octanol–water partition coefficient (Wildman–Crippen LogP) is 3.13. The van der Waals surface area contributed by atoms with Gasteiger partial charge in [-0.2, -0.15) is 0 Å². The summed E-state index contributed by atoms with van der Waals surface area (Å²) in [6.07, 6.45) is 2.95. The normalized spacial score (nSPS) is 18.9. The van der Waals surface area contributed by atoms with E-state index < -0.39 is 11.6 Å². The van der Waals surface area contributed by atoms with Crippen molar-refractivity contribution in [3.8, 4) is 0 Å². The van der Waals surface area contributed by atoms with Gasteiger partial charge in [0.2, 0.25) is 11.8 Å². The molecule has 0 aliphatic carbocycles. The van der Waals surface area contributed by atoms with Crippen LogP contribution >= 0.6 is 0 Å². The van der Waals surface area contributed by atoms with E-state index in [2.05, 4.69) is 22.4 Å². The van der Waals surface area contributed by atoms with Crippen LogP contribution in [0.15, 0.2) is 60.8 Å². The number of para-hydroxylation sites is 1. The molecule has 4 N–H and O–H groups in total. The Bertz CT molecular complexity index is 1250. The second kappa shape index (κ2) is 11.2. The van der Waals surface area contributed by atoms with Crippen LogP contribution in [0.1, 0.15) is 44.2 Å². The fourth-order valence-corrected chi connectivity index (χ4v) is 5.05. The van der Waals surface area contributed by atoms with Crippen LogP contribution in [0.5, 0.6) is 0 Å². The molecular weight excluding hydrogens is 468 g/mol. The van der Waals surface area contributed by atoms with E-state index in [1.807, 2.05) is 48.7 Å². The molecule has 0 saturated carbocycles. The minimum absolute atomic E-state index is 0.0561. The number of H-pyrrole nitrogens is 1. The lowest BCUT2D eigenvalue weighted by Crippen LogP contribution is -2.58. The average Bonchev–Trinajstić information content (AvgIpc) is 3.29. The summed E-state index contributed by atoms with van der Waals surface area (Å²) in [5.74, 6) is -0.790. The van der Waals surface area contributed by atoms with Crippen LogP contribution in [0, 0.1) is 5.92 Å². The number of carbonyl (C=O) groups is 3. The smallest absolute Gasteiger partial charge is 0.302 e. The third-order valence-electron chi connectivity index (χ3n) is 7.06. The molecule has 2 aromatic carbocycles. The maximum absolute atomic E-state index is 13.9. The molecule has 2 amide bonds. The van der Waals surface area contributed by atoms with Gasteiger partial charge in [0.15, 0.2) is 0 Å². The lowest BCUT2D eigenvalue weighted by atomic mass is 9.80. The quantitative estimate of drug-likeness (QED) is 0.408. The summed E-state index contributed by atoms with van der Waals surface area (Å²) in [4.78, 5) is 43.4. The number of rotatable bonds is 8. The molecule has 2 heterocycles. The number of nitrogens with one attached hydrogen (secondary N) is 2. The van der Waals surface area contributed by atoms with E-state index in [4.69, 9.17) is 10.5 Å². The van der Waals surface area contributed by atoms with E-state index in [1.165, 1.54) is 12.5 Å². The van der Waals surface area contributed by atoms with Crippen LogP contribution in [0.25, 0.3) is 10.9 Å². The number of benzene rings is 2. The standard InChI is InChI=1S/C29H36N4O4/c1-19(34)37-18-22-17-33(14-13-23(22)20-9-5-4-6-10-20)27(35)26(32-28(36)29(2,3)30)15-21-16-31-25-12-8-7-11-24(21)25/h4-12,16,22-23,26,31H,13-15,17-18,30H2,1-3H3,(H,32,36)/t22?,23?,26-/m1/s1. The van der Waals surface area contributed by atoms with Crippen LogP contribution in [0.3, 0.4) is 0 Å². The fraction of sp³-hybridized carbons (Fsp3) is 0.414. The number of likely N-dealkylation sites (tertiary alicyclic amines) is 1. The summed E-state index contributed by atoms with van der Waals surface area (Å²) in [6, 6.07) is 17.2. The first kappa shape index (κ1) is 26.4. The predicted molar refractivity (Wildman–Crippen MR) is 143 cm³/mol. The van der Waals surface area contributed by atoms with Crippen molar-refractivity contribution in [2.24, 2.45) is 11.7 Å². The molecule has 1 aliphatic heterocycles. The molecule has 1 fully saturated rings. The molecule has 1 saturated heterocycles. The highest BCUT2D eigenvalue weighted by Crippen LogP contribution is 2.34. The van der Waals surface area contributed by atoms with E-state index in [-0.39, 0.29) is 36.2 Å². The number of hydrogen-bond acceptors (Lipinski definition) is 5. The highest BCUT2D eigenvalue weighted by Gasteiger charge is 2.37. The third kappa shape index (κ3) is 6.38. The van der Waals surface area contributed by atoms with Gasteiger partial charge in [-0.25, -0.2) is 0 Å². The molecule has 1 aromatic heterocycles. The third-order valence-corrected chi connectivity index (χ3v) is 7.06. The number of aromatic amines is 1. The van der Waals surface area contributed by atoms with Gasteiger partial charge in [0.25, 0.3) is 0 Å². The molecule has 0 spiro atoms. The van der Waals surface area contributed by atoms with Crippen LogP contribution < -0.4 is 11.1 Å². The second-order valence-corrected chi connectivity index (χ2v) is 10.5. The molecule has 8 nitrogen and oxygen atoms in total. The minimum Gasteiger partial charge on any atom is -0.465 e. The molecular formula is C29H36N4O4. The van der Waals surface area contributed by atoms with Crippen molar-refractivity contribution in [3.63, 3.8) is 0 Å². The summed E-state index contributed by atoms with van der Waals surface area (Å²) < 4.78 is 5.40. The average molecular weight is 505 g/mol. The Kier molecular flexibility index (Phi) is 7.97. The Morgan fingerprint density at radius 2 is 1.84 bits per heavy atom. The van der Waals surface area contributed by atoms with Crippen molar-refractivity contribution >= 4 is 28.7 Å². The van der Waals surface area contributed by atoms with Crippen LogP contribution in [-0.2, 0) is 25.5 Å². The first-order valence-electron chi connectivity index (χ1n) is 12.8. The number of piperidine rings is 1. The number of carbonyl (C=O) groups excluding carboxylic acids is 3. The van der Waals surface area contributed by atoms with Crippen LogP contribution in [-0.4, -0.2) is 58.9 Å². The monoisotopic (exact) mass is 504 g/mol. The van der Waals surface area contributed by atoms with Crippen molar-refractivity contribution in [2.45, 2.75) is 51.1 Å². The van der Waals surface area contributed by atoms with E-state index in [0.717, 1.165) is 22.9 Å². The lowest BCUT2D eigenvalue weighted by molar-refractivity contribution is -0.144. The number of nitrogens with two attached hydrogens (primary N) is 1. The first-order valence-corrected chi connectivity index (χ1v) is 12.8. The van der Waals surface area contributed by atoms with Crippen molar-refractivity contribution in [1.29, 1.82) is 0 Å². The number of amides is 2. The summed E-state index contributed by atoms with van der Waals surface area (Å²) in [5, 5.41) is 3.92. The SMILES string of the molecule is CC(=O)OCC1CN(C(=O)[C@@H](Cc2c[nH]c3ccccc23)NC(=O)C(C)(C)N)CCC1c1ccccc1. The summed E-state index contributed by atoms with van der Waals surface area (Å²) >= 11 is 0. The molecule has 8 heteroatoms. The van der Waals surface area contributed by atoms with Crippen molar-refractivity contribution in [1.82, 2.24) is 15.2 Å². The molecule has 196 valence electrons. The van der Waals surface area contributed by atoms with E-state index in [1.54, 1.807) is 18.7 Å². The Balaban J connectivity index is 1.57. The summed E-state index contributed by atoms with van der Waals surface area (Å²) in [7, 11) is 0. The zero-order valence-corrected chi connectivity index (χ0v) is 21.7. The molecule has 0 bridgehead atoms. The zero-order chi connectivity index (χ0) is 26.6. The fourth-order valence-electron chi connectivity index (χ4n) is 5.05. The van der Waals surface area contributed by atoms with Gasteiger partial charge in [-0.05, 0) is 43.4 Å². The Morgan fingerprint density at radius 1 is 1.14 bits per heavy atom. The number of hydrogen-bond donors (Lipinski definition) is 3. The van der Waals surface area contributed by atoms with E-state index >= 15 is 0 Å². The first-order chi connectivity index (χ1) is 17.6. The molecule has 1 aliphatic rings. The van der Waals surface area contributed by atoms with Gasteiger partial charge in [-0.1, -0.05) is 48.5 Å². The summed E-state index contributed by atoms with van der Waals surface area (Å²) in [6.45, 7) is 5.84. The van der Waals surface area contributed by atoms with Crippen LogP contribution in [0.4, 0.5) is 0 Å². The van der Waals surface area contributed by atoms with E-state index in [0.29, 0.717) is 19.5 Å². The van der Waals surface area contributed by atoms with Crippen molar-refractivity contribution in [3.05, 3.63) is 71.9 Å². The molecule has 2 unspecified atom stereocenters. The van der Waals surface area contributed by atoms with Gasteiger partial charge in [0.1, 0.15) is 6.04 Å². The Labute approximate surface area is 217 Å². The molecule has 3 aromatic rings. The molecule has 0 radical (unpaired) electrons. The van der Waals surface area contributed by atoms with Crippen molar-refractivity contribution in [2.75, 3.05) is 19.7 Å². The molecule has 3 atom stereocenters. The highest BCUT2D eigenvalue weighted by molar-refractivity contribution is 5.92. The summed E-state index contributed by atoms with van der Waals surface area (Å²) in [5.41, 5.74) is 8.01. The van der Waals surface area contributed by atoms with Gasteiger partial charge in [0.05, 0.1) is 12.1 Å². The van der Waals surface area contributed by atoms with Gasteiger partial charge in [-0.3, -0.25) is 14.4 Å². The van der Waals surface area contributed by atoms with Crippen LogP contribution in [0.2, 0.25) is 0 Å². The van der Waals surface area contributed by atoms with Crippen molar-refractivity contribution < 1.29 is 19.1 Å². The number of ether oxygens (including phenoxy) is 1. The number of fused-ring (bicyclic) bond motifs is 1. The number of aromatic nitrogens is 1. The highest BCUT2D eigenvalue weighted by atomic mass is 16.5. The van der Waals surface area contributed by atoms with Gasteiger partial charge >= 0.3 is 5.97 Å². The zero-order valence-electron chi connectivity index (χ0n) is 21.7. The number of nitrogens with zero attached hydrogens (tertiary/aromatic N) is 1. The van der Waals surface area contributed by atoms with E-state index in [9.17, 15) is 14.4 Å². The van der Waals surface area contributed by atoms with Gasteiger partial charge in [-0.15, -0.1) is 0 Å². The minimum atomic E-state index is -1.13. The maximum Gasteiger partial charge on any atom is 0.302 e. The molecule has 4 rings (SSSR count). The number of esters is 1. The topological polar surface area (TPSA) is 118 Å². The maximum atomic E-state index is 13.9.